The molecule has 0 radical (unpaired) electrons. The minimum atomic E-state index is -1.03. The number of hydrogen-bond donors (Lipinski definition) is 2. The highest BCUT2D eigenvalue weighted by Gasteiger charge is 2.21. The Morgan fingerprint density at radius 3 is 1.53 bits per heavy atom. The summed E-state index contributed by atoms with van der Waals surface area (Å²) in [6.45, 7) is 11.3. The third kappa shape index (κ3) is 10.8. The molecule has 0 aliphatic rings. The fourth-order valence-electron chi connectivity index (χ4n) is 5.85. The molecule has 0 fully saturated rings. The van der Waals surface area contributed by atoms with Crippen molar-refractivity contribution in [1.82, 2.24) is 19.1 Å². The number of aliphatic carboxylic acids is 1. The smallest absolute Gasteiger partial charge is 0.323 e. The van der Waals surface area contributed by atoms with Gasteiger partial charge in [0.2, 0.25) is 0 Å². The molecule has 6 rings (SSSR count). The first-order valence-electron chi connectivity index (χ1n) is 17.9. The van der Waals surface area contributed by atoms with Crippen LogP contribution in [0.5, 0.6) is 0 Å². The van der Waals surface area contributed by atoms with E-state index in [4.69, 9.17) is 39.3 Å². The van der Waals surface area contributed by atoms with Crippen LogP contribution in [0.3, 0.4) is 0 Å². The molecule has 0 amide bonds. The molecule has 10 nitrogen and oxygen atoms in total. The number of carboxylic acid groups (broad SMARTS) is 1. The van der Waals surface area contributed by atoms with Gasteiger partial charge in [0.05, 0.1) is 64.2 Å². The third-order valence-electron chi connectivity index (χ3n) is 9.45. The maximum atomic E-state index is 13.7. The summed E-state index contributed by atoms with van der Waals surface area (Å²) >= 11 is 11.8. The lowest BCUT2D eigenvalue weighted by atomic mass is 9.84. The second-order valence-corrected chi connectivity index (χ2v) is 15.5. The number of aromatic nitrogens is 4. The molecule has 0 aliphatic carbocycles. The van der Waals surface area contributed by atoms with Gasteiger partial charge >= 0.3 is 5.97 Å². The van der Waals surface area contributed by atoms with E-state index in [0.29, 0.717) is 28.5 Å². The summed E-state index contributed by atoms with van der Waals surface area (Å²) in [7, 11) is 0. The van der Waals surface area contributed by atoms with Crippen LogP contribution in [-0.2, 0) is 33.5 Å². The topological polar surface area (TPSA) is 164 Å². The Balaban J connectivity index is 0.000000209. The minimum Gasteiger partial charge on any atom is -0.480 e. The zero-order valence-corrected chi connectivity index (χ0v) is 33.9. The number of imidazole rings is 2. The molecule has 296 valence electrons. The molecule has 14 heteroatoms. The lowest BCUT2D eigenvalue weighted by Crippen LogP contribution is -2.14. The van der Waals surface area contributed by atoms with Gasteiger partial charge in [-0.05, 0) is 87.1 Å². The van der Waals surface area contributed by atoms with Crippen LogP contribution in [0.1, 0.15) is 82.2 Å². The fraction of sp³-hybridized carbons (Fsp3) is 0.302. The van der Waals surface area contributed by atoms with Crippen LogP contribution in [0.2, 0.25) is 10.0 Å². The summed E-state index contributed by atoms with van der Waals surface area (Å²) in [5.74, 6) is -2.12. The molecule has 0 saturated heterocycles. The van der Waals surface area contributed by atoms with Crippen LogP contribution in [0.15, 0.2) is 85.5 Å². The number of carbonyl (C=O) groups is 2. The van der Waals surface area contributed by atoms with Crippen molar-refractivity contribution in [1.29, 1.82) is 10.5 Å². The second kappa shape index (κ2) is 18.5. The summed E-state index contributed by atoms with van der Waals surface area (Å²) in [6.07, 6.45) is 3.18. The lowest BCUT2D eigenvalue weighted by Gasteiger charge is -2.17. The molecule has 4 aromatic carbocycles. The van der Waals surface area contributed by atoms with Gasteiger partial charge in [0.1, 0.15) is 28.2 Å². The summed E-state index contributed by atoms with van der Waals surface area (Å²) in [4.78, 5) is 31.2. The second-order valence-electron chi connectivity index (χ2n) is 14.7. The Kier molecular flexibility index (Phi) is 14.3. The highest BCUT2D eigenvalue weighted by atomic mass is 35.5. The van der Waals surface area contributed by atoms with Gasteiger partial charge in [-0.3, -0.25) is 9.59 Å². The van der Waals surface area contributed by atoms with Crippen LogP contribution < -0.4 is 5.73 Å². The van der Waals surface area contributed by atoms with Gasteiger partial charge in [-0.15, -0.1) is 0 Å². The van der Waals surface area contributed by atoms with Gasteiger partial charge in [0, 0.05) is 12.5 Å². The normalized spacial score (nSPS) is 12.4. The number of fused-ring (bicyclic) bond motifs is 2. The molecule has 6 aromatic rings. The van der Waals surface area contributed by atoms with E-state index in [2.05, 4.69) is 22.1 Å². The van der Waals surface area contributed by atoms with Gasteiger partial charge in [-0.25, -0.2) is 18.7 Å². The molecule has 0 bridgehead atoms. The number of nitrogens with two attached hydrogens (primary N) is 1. The standard InChI is InChI=1S/C22H21ClFN3O.C12H16N2.C9H6ClFN2O2/c1-14(15-4-6-16(7-5-15)22(2,3)12-25)10-17(28)11-27-13-26-19-9-8-18(24)20(23)21(19)27;1-9(14)10-4-6-11(7-5-10)12(2,3)8-13;10-8-5(11)1-2-6-9(8)13(4-12-6)3-7(14)15/h4-9,13-14H,10-11H2,1-3H3;4-7,9H,14H2,1-3H3;1-2,4H,3H2,(H,14,15)/t14-;9-;/m10./s1. The maximum Gasteiger partial charge on any atom is 0.323 e. The summed E-state index contributed by atoms with van der Waals surface area (Å²) < 4.78 is 29.7. The van der Waals surface area contributed by atoms with Gasteiger partial charge in [-0.2, -0.15) is 10.5 Å². The number of carbonyl (C=O) groups excluding carboxylic acids is 1. The Morgan fingerprint density at radius 1 is 0.737 bits per heavy atom. The average Bonchev–Trinajstić information content (AvgIpc) is 3.79. The quantitative estimate of drug-likeness (QED) is 0.138. The first-order valence-corrected chi connectivity index (χ1v) is 18.6. The average molecular weight is 815 g/mol. The van der Waals surface area contributed by atoms with Crippen LogP contribution in [0.4, 0.5) is 8.78 Å². The van der Waals surface area contributed by atoms with Crippen molar-refractivity contribution >= 4 is 57.0 Å². The number of nitriles is 2. The van der Waals surface area contributed by atoms with E-state index in [1.807, 2.05) is 90.1 Å². The predicted molar refractivity (Wildman–Crippen MR) is 218 cm³/mol. The number of hydrogen-bond acceptors (Lipinski definition) is 7. The first-order chi connectivity index (χ1) is 26.8. The molecule has 0 spiro atoms. The Labute approximate surface area is 340 Å². The van der Waals surface area contributed by atoms with Crippen LogP contribution in [-0.4, -0.2) is 36.0 Å². The van der Waals surface area contributed by atoms with E-state index in [1.54, 1.807) is 10.6 Å². The third-order valence-corrected chi connectivity index (χ3v) is 10.2. The van der Waals surface area contributed by atoms with Crippen LogP contribution in [0, 0.1) is 34.3 Å². The first kappa shape index (κ1) is 44.1. The predicted octanol–water partition coefficient (Wildman–Crippen LogP) is 9.81. The molecule has 2 aromatic heterocycles. The molecule has 2 atom stereocenters. The van der Waals surface area contributed by atoms with E-state index in [-0.39, 0.29) is 40.9 Å². The molecule has 57 heavy (non-hydrogen) atoms. The summed E-state index contributed by atoms with van der Waals surface area (Å²) in [5.41, 5.74) is 10.7. The molecule has 2 heterocycles. The SMILES string of the molecule is C[C@H](CC(=O)Cn1cnc2ccc(F)c(Cl)c21)c1ccc(C(C)(C)C#N)cc1.C[C@H](N)c1ccc(C(C)(C)C#N)cc1.O=C(O)Cn1cnc2ccc(F)c(Cl)c21. The maximum absolute atomic E-state index is 13.7. The molecule has 0 unspecified atom stereocenters. The molecule has 3 N–H and O–H groups in total. The van der Waals surface area contributed by atoms with E-state index < -0.39 is 28.4 Å². The number of halogens is 4. The Hall–Kier alpha value is -5.66. The van der Waals surface area contributed by atoms with Crippen molar-refractivity contribution in [2.45, 2.75) is 83.8 Å². The van der Waals surface area contributed by atoms with Crippen LogP contribution in [0.25, 0.3) is 22.1 Å². The Bertz CT molecular complexity index is 2460. The molecular weight excluding hydrogens is 771 g/mol. The highest BCUT2D eigenvalue weighted by Crippen LogP contribution is 2.29. The number of rotatable bonds is 10. The van der Waals surface area contributed by atoms with Crippen molar-refractivity contribution in [3.05, 3.63) is 129 Å². The molecular formula is C43H43Cl2F2N7O3. The van der Waals surface area contributed by atoms with Crippen molar-refractivity contribution < 1.29 is 23.5 Å². The number of Topliss-reactive ketones (excluding diaryl/α,β-unsaturated/α-hetero) is 1. The van der Waals surface area contributed by atoms with Crippen LogP contribution >= 0.6 is 23.2 Å². The zero-order valence-electron chi connectivity index (χ0n) is 32.4. The summed E-state index contributed by atoms with van der Waals surface area (Å²) in [5, 5.41) is 26.7. The number of nitrogens with zero attached hydrogens (tertiary/aromatic N) is 6. The number of carboxylic acids is 1. The Morgan fingerprint density at radius 2 is 1.14 bits per heavy atom. The highest BCUT2D eigenvalue weighted by molar-refractivity contribution is 6.35. The fourth-order valence-corrected chi connectivity index (χ4v) is 6.39. The van der Waals surface area contributed by atoms with Crippen molar-refractivity contribution in [3.8, 4) is 12.1 Å². The van der Waals surface area contributed by atoms with Gasteiger partial charge in [-0.1, -0.05) is 78.7 Å². The van der Waals surface area contributed by atoms with E-state index >= 15 is 0 Å². The molecule has 0 aliphatic heterocycles. The number of benzene rings is 4. The van der Waals surface area contributed by atoms with Crippen molar-refractivity contribution in [2.24, 2.45) is 5.73 Å². The zero-order chi connectivity index (χ0) is 42.2. The van der Waals surface area contributed by atoms with E-state index in [9.17, 15) is 23.6 Å². The van der Waals surface area contributed by atoms with Gasteiger partial charge in [0.15, 0.2) is 5.78 Å². The minimum absolute atomic E-state index is 0.00793. The number of ketones is 1. The van der Waals surface area contributed by atoms with E-state index in [0.717, 1.165) is 22.3 Å². The van der Waals surface area contributed by atoms with E-state index in [1.165, 1.54) is 35.4 Å². The lowest BCUT2D eigenvalue weighted by molar-refractivity contribution is -0.137. The summed E-state index contributed by atoms with van der Waals surface area (Å²) in [6, 6.07) is 25.8. The van der Waals surface area contributed by atoms with Gasteiger partial charge < -0.3 is 20.0 Å². The molecule has 0 saturated carbocycles. The largest absolute Gasteiger partial charge is 0.480 e. The van der Waals surface area contributed by atoms with Gasteiger partial charge in [0.25, 0.3) is 0 Å². The van der Waals surface area contributed by atoms with Crippen molar-refractivity contribution in [2.75, 3.05) is 0 Å². The van der Waals surface area contributed by atoms with Crippen molar-refractivity contribution in [3.63, 3.8) is 0 Å². The monoisotopic (exact) mass is 813 g/mol.